The lowest BCUT2D eigenvalue weighted by Crippen LogP contribution is -2.30. The molecular weight excluding hydrogens is 293 g/mol. The van der Waals surface area contributed by atoms with E-state index in [2.05, 4.69) is 0 Å². The van der Waals surface area contributed by atoms with E-state index in [0.29, 0.717) is 5.56 Å². The van der Waals surface area contributed by atoms with Gasteiger partial charge in [-0.05, 0) is 30.2 Å². The second-order valence-corrected chi connectivity index (χ2v) is 6.12. The van der Waals surface area contributed by atoms with E-state index in [1.807, 2.05) is 4.72 Å². The maximum absolute atomic E-state index is 13.4. The first-order valence-electron chi connectivity index (χ1n) is 6.33. The Hall–Kier alpha value is -2.21. The summed E-state index contributed by atoms with van der Waals surface area (Å²) in [6, 6.07) is 13.7. The predicted molar refractivity (Wildman–Crippen MR) is 76.5 cm³/mol. The van der Waals surface area contributed by atoms with Gasteiger partial charge in [0, 0.05) is 6.42 Å². The van der Waals surface area contributed by atoms with Crippen molar-refractivity contribution in [2.24, 2.45) is 0 Å². The Balaban J connectivity index is 1.98. The molecule has 2 rings (SSSR count). The summed E-state index contributed by atoms with van der Waals surface area (Å²) in [6.45, 7) is 0. The molecule has 0 fully saturated rings. The maximum atomic E-state index is 13.4. The molecular formula is C15H14FNO3S. The summed E-state index contributed by atoms with van der Waals surface area (Å²) in [6.07, 6.45) is 0.0375. The molecule has 1 amide bonds. The van der Waals surface area contributed by atoms with Crippen LogP contribution < -0.4 is 4.72 Å². The van der Waals surface area contributed by atoms with Gasteiger partial charge in [0.2, 0.25) is 5.91 Å². The fourth-order valence-corrected chi connectivity index (χ4v) is 2.84. The summed E-state index contributed by atoms with van der Waals surface area (Å²) >= 11 is 0. The van der Waals surface area contributed by atoms with E-state index in [1.54, 1.807) is 36.4 Å². The van der Waals surface area contributed by atoms with Crippen LogP contribution in [-0.2, 0) is 21.2 Å². The van der Waals surface area contributed by atoms with E-state index in [1.165, 1.54) is 18.2 Å². The van der Waals surface area contributed by atoms with Crippen molar-refractivity contribution in [3.63, 3.8) is 0 Å². The van der Waals surface area contributed by atoms with E-state index in [-0.39, 0.29) is 17.7 Å². The molecule has 1 N–H and O–H groups in total. The summed E-state index contributed by atoms with van der Waals surface area (Å²) in [5.74, 6) is -1.07. The smallest absolute Gasteiger partial charge is 0.264 e. The lowest BCUT2D eigenvalue weighted by atomic mass is 10.1. The van der Waals surface area contributed by atoms with Crippen molar-refractivity contribution < 1.29 is 17.6 Å². The molecule has 0 heterocycles. The standard InChI is InChI=1S/C15H14FNO3S/c16-14-9-5-4-6-12(14)10-11-15(18)17-21(19,20)13-7-2-1-3-8-13/h1-9H,10-11H2,(H,17,18). The highest BCUT2D eigenvalue weighted by Gasteiger charge is 2.17. The highest BCUT2D eigenvalue weighted by atomic mass is 32.2. The van der Waals surface area contributed by atoms with Gasteiger partial charge in [0.25, 0.3) is 10.0 Å². The molecule has 6 heteroatoms. The molecule has 110 valence electrons. The van der Waals surface area contributed by atoms with Gasteiger partial charge in [0.15, 0.2) is 0 Å². The normalized spacial score (nSPS) is 11.1. The van der Waals surface area contributed by atoms with Crippen LogP contribution in [0.15, 0.2) is 59.5 Å². The van der Waals surface area contributed by atoms with Gasteiger partial charge in [0.1, 0.15) is 5.82 Å². The van der Waals surface area contributed by atoms with E-state index in [4.69, 9.17) is 0 Å². The van der Waals surface area contributed by atoms with Gasteiger partial charge in [0.05, 0.1) is 4.90 Å². The molecule has 2 aromatic rings. The number of halogens is 1. The summed E-state index contributed by atoms with van der Waals surface area (Å²) in [5.41, 5.74) is 0.379. The molecule has 0 saturated carbocycles. The molecule has 0 atom stereocenters. The third-order valence-corrected chi connectivity index (χ3v) is 4.27. The Kier molecular flexibility index (Phi) is 4.70. The van der Waals surface area contributed by atoms with Gasteiger partial charge in [-0.25, -0.2) is 17.5 Å². The summed E-state index contributed by atoms with van der Waals surface area (Å²) in [5, 5.41) is 0. The Bertz CT molecular complexity index is 730. The fraction of sp³-hybridized carbons (Fsp3) is 0.133. The van der Waals surface area contributed by atoms with Gasteiger partial charge in [-0.15, -0.1) is 0 Å². The van der Waals surface area contributed by atoms with Crippen molar-refractivity contribution in [1.82, 2.24) is 4.72 Å². The maximum Gasteiger partial charge on any atom is 0.264 e. The number of rotatable bonds is 5. The molecule has 0 aliphatic carbocycles. The lowest BCUT2D eigenvalue weighted by Gasteiger charge is -2.07. The van der Waals surface area contributed by atoms with Gasteiger partial charge in [-0.1, -0.05) is 36.4 Å². The van der Waals surface area contributed by atoms with Crippen molar-refractivity contribution >= 4 is 15.9 Å². The van der Waals surface area contributed by atoms with Crippen LogP contribution in [-0.4, -0.2) is 14.3 Å². The molecule has 4 nitrogen and oxygen atoms in total. The van der Waals surface area contributed by atoms with Crippen LogP contribution >= 0.6 is 0 Å². The predicted octanol–water partition coefficient (Wildman–Crippen LogP) is 2.26. The van der Waals surface area contributed by atoms with Crippen molar-refractivity contribution in [2.45, 2.75) is 17.7 Å². The highest BCUT2D eigenvalue weighted by Crippen LogP contribution is 2.10. The first kappa shape index (κ1) is 15.2. The summed E-state index contributed by atoms with van der Waals surface area (Å²) in [4.78, 5) is 11.7. The van der Waals surface area contributed by atoms with Crippen molar-refractivity contribution in [2.75, 3.05) is 0 Å². The molecule has 0 unspecified atom stereocenters. The molecule has 0 radical (unpaired) electrons. The third-order valence-electron chi connectivity index (χ3n) is 2.88. The first-order valence-corrected chi connectivity index (χ1v) is 7.81. The van der Waals surface area contributed by atoms with Gasteiger partial charge < -0.3 is 0 Å². The zero-order valence-electron chi connectivity index (χ0n) is 11.1. The quantitative estimate of drug-likeness (QED) is 0.921. The molecule has 0 aliphatic heterocycles. The Labute approximate surface area is 122 Å². The Morgan fingerprint density at radius 1 is 1.00 bits per heavy atom. The van der Waals surface area contributed by atoms with Crippen LogP contribution in [0.4, 0.5) is 4.39 Å². The fourth-order valence-electron chi connectivity index (χ4n) is 1.81. The highest BCUT2D eigenvalue weighted by molar-refractivity contribution is 7.90. The van der Waals surface area contributed by atoms with Gasteiger partial charge in [-0.3, -0.25) is 4.79 Å². The molecule has 0 saturated heterocycles. The summed E-state index contributed by atoms with van der Waals surface area (Å²) in [7, 11) is -3.87. The van der Waals surface area contributed by atoms with Crippen LogP contribution in [0.5, 0.6) is 0 Å². The zero-order chi connectivity index (χ0) is 15.3. The van der Waals surface area contributed by atoms with E-state index in [0.717, 1.165) is 0 Å². The number of nitrogens with one attached hydrogen (secondary N) is 1. The SMILES string of the molecule is O=C(CCc1ccccc1F)NS(=O)(=O)c1ccccc1. The average Bonchev–Trinajstić information content (AvgIpc) is 2.47. The first-order chi connectivity index (χ1) is 9.99. The molecule has 0 bridgehead atoms. The molecule has 2 aromatic carbocycles. The Morgan fingerprint density at radius 3 is 2.29 bits per heavy atom. The number of hydrogen-bond acceptors (Lipinski definition) is 3. The van der Waals surface area contributed by atoms with Crippen LogP contribution in [0.3, 0.4) is 0 Å². The van der Waals surface area contributed by atoms with Crippen LogP contribution in [0, 0.1) is 5.82 Å². The number of amides is 1. The number of carbonyl (C=O) groups excluding carboxylic acids is 1. The van der Waals surface area contributed by atoms with Gasteiger partial charge in [-0.2, -0.15) is 0 Å². The van der Waals surface area contributed by atoms with Crippen LogP contribution in [0.1, 0.15) is 12.0 Å². The number of benzene rings is 2. The lowest BCUT2D eigenvalue weighted by molar-refractivity contribution is -0.119. The largest absolute Gasteiger partial charge is 0.274 e. The number of sulfonamides is 1. The molecule has 21 heavy (non-hydrogen) atoms. The van der Waals surface area contributed by atoms with Crippen LogP contribution in [0.25, 0.3) is 0 Å². The zero-order valence-corrected chi connectivity index (χ0v) is 11.9. The number of aryl methyl sites for hydroxylation is 1. The molecule has 0 aromatic heterocycles. The molecule has 0 spiro atoms. The third kappa shape index (κ3) is 4.13. The van der Waals surface area contributed by atoms with Crippen molar-refractivity contribution in [3.05, 3.63) is 66.0 Å². The van der Waals surface area contributed by atoms with E-state index < -0.39 is 21.7 Å². The minimum Gasteiger partial charge on any atom is -0.274 e. The second-order valence-electron chi connectivity index (χ2n) is 4.43. The molecule has 0 aliphatic rings. The van der Waals surface area contributed by atoms with Crippen LogP contribution in [0.2, 0.25) is 0 Å². The minimum absolute atomic E-state index is 0.0178. The summed E-state index contributed by atoms with van der Waals surface area (Å²) < 4.78 is 39.2. The van der Waals surface area contributed by atoms with E-state index >= 15 is 0 Å². The van der Waals surface area contributed by atoms with E-state index in [9.17, 15) is 17.6 Å². The number of hydrogen-bond donors (Lipinski definition) is 1. The Morgan fingerprint density at radius 2 is 1.62 bits per heavy atom. The van der Waals surface area contributed by atoms with Gasteiger partial charge >= 0.3 is 0 Å². The van der Waals surface area contributed by atoms with Crippen molar-refractivity contribution in [3.8, 4) is 0 Å². The van der Waals surface area contributed by atoms with Crippen molar-refractivity contribution in [1.29, 1.82) is 0 Å². The number of carbonyl (C=O) groups is 1. The monoisotopic (exact) mass is 307 g/mol. The second kappa shape index (κ2) is 6.49. The topological polar surface area (TPSA) is 63.2 Å². The average molecular weight is 307 g/mol. The minimum atomic E-state index is -3.87.